The van der Waals surface area contributed by atoms with E-state index in [1.807, 2.05) is 23.8 Å². The molecule has 1 atom stereocenters. The third-order valence-electron chi connectivity index (χ3n) is 3.26. The number of primary sulfonamides is 1. The number of nitrogens with two attached hydrogens (primary N) is 1. The van der Waals surface area contributed by atoms with E-state index in [4.69, 9.17) is 5.14 Å². The van der Waals surface area contributed by atoms with Crippen LogP contribution in [0.2, 0.25) is 0 Å². The molecule has 0 saturated heterocycles. The fourth-order valence-corrected chi connectivity index (χ4v) is 3.16. The summed E-state index contributed by atoms with van der Waals surface area (Å²) in [6.07, 6.45) is 6.15. The van der Waals surface area contributed by atoms with Crippen LogP contribution >= 0.6 is 0 Å². The summed E-state index contributed by atoms with van der Waals surface area (Å²) in [5, 5.41) is 5.24. The highest BCUT2D eigenvalue weighted by molar-refractivity contribution is 7.89. The molecule has 0 spiro atoms. The van der Waals surface area contributed by atoms with Crippen molar-refractivity contribution in [2.24, 2.45) is 5.14 Å². The molecule has 0 aliphatic carbocycles. The van der Waals surface area contributed by atoms with Crippen LogP contribution in [0, 0.1) is 6.92 Å². The molecule has 0 fully saturated rings. The third-order valence-corrected chi connectivity index (χ3v) is 4.32. The molecule has 6 heteroatoms. The predicted octanol–water partition coefficient (Wildman–Crippen LogP) is 1.84. The Morgan fingerprint density at radius 3 is 2.68 bits per heavy atom. The van der Waals surface area contributed by atoms with Crippen LogP contribution in [-0.2, 0) is 10.0 Å². The van der Waals surface area contributed by atoms with E-state index in [2.05, 4.69) is 4.98 Å². The van der Waals surface area contributed by atoms with Gasteiger partial charge in [0.15, 0.2) is 0 Å². The lowest BCUT2D eigenvalue weighted by Crippen LogP contribution is -2.16. The zero-order valence-electron chi connectivity index (χ0n) is 10.9. The maximum absolute atomic E-state index is 11.6. The van der Waals surface area contributed by atoms with Gasteiger partial charge in [0, 0.05) is 12.4 Å². The van der Waals surface area contributed by atoms with Crippen LogP contribution < -0.4 is 5.14 Å². The summed E-state index contributed by atoms with van der Waals surface area (Å²) in [6, 6.07) is 5.25. The van der Waals surface area contributed by atoms with Crippen molar-refractivity contribution in [3.63, 3.8) is 0 Å². The Morgan fingerprint density at radius 1 is 1.42 bits per heavy atom. The third kappa shape index (κ3) is 2.69. The second-order valence-electron chi connectivity index (χ2n) is 4.45. The minimum absolute atomic E-state index is 0.0594. The number of hydrogen-bond donors (Lipinski definition) is 1. The molecule has 2 aromatic rings. The van der Waals surface area contributed by atoms with Crippen molar-refractivity contribution in [1.82, 2.24) is 9.55 Å². The van der Waals surface area contributed by atoms with Crippen molar-refractivity contribution < 1.29 is 8.42 Å². The van der Waals surface area contributed by atoms with Crippen LogP contribution in [0.4, 0.5) is 0 Å². The normalized spacial score (nSPS) is 13.4. The van der Waals surface area contributed by atoms with E-state index in [9.17, 15) is 8.42 Å². The highest BCUT2D eigenvalue weighted by atomic mass is 32.2. The Kier molecular flexibility index (Phi) is 3.73. The lowest BCUT2D eigenvalue weighted by atomic mass is 9.99. The number of aromatic nitrogens is 2. The lowest BCUT2D eigenvalue weighted by Gasteiger charge is -2.20. The first-order valence-electron chi connectivity index (χ1n) is 6.05. The summed E-state index contributed by atoms with van der Waals surface area (Å²) in [5.41, 5.74) is 1.65. The highest BCUT2D eigenvalue weighted by Gasteiger charge is 2.19. The predicted molar refractivity (Wildman–Crippen MR) is 73.2 cm³/mol. The van der Waals surface area contributed by atoms with Gasteiger partial charge in [-0.15, -0.1) is 0 Å². The van der Waals surface area contributed by atoms with Crippen LogP contribution in [-0.4, -0.2) is 18.0 Å². The van der Waals surface area contributed by atoms with E-state index < -0.39 is 10.0 Å². The van der Waals surface area contributed by atoms with Gasteiger partial charge in [-0.1, -0.05) is 19.1 Å². The van der Waals surface area contributed by atoms with E-state index >= 15 is 0 Å². The second kappa shape index (κ2) is 5.14. The molecule has 0 aliphatic heterocycles. The molecular weight excluding hydrogens is 262 g/mol. The summed E-state index contributed by atoms with van der Waals surface area (Å²) in [6.45, 7) is 3.84. The van der Waals surface area contributed by atoms with Crippen molar-refractivity contribution in [1.29, 1.82) is 0 Å². The first-order valence-corrected chi connectivity index (χ1v) is 7.59. The summed E-state index contributed by atoms with van der Waals surface area (Å²) >= 11 is 0. The molecule has 0 amide bonds. The Hall–Kier alpha value is -1.66. The molecule has 0 radical (unpaired) electrons. The minimum atomic E-state index is -3.69. The number of benzene rings is 1. The molecule has 1 unspecified atom stereocenters. The van der Waals surface area contributed by atoms with Crippen molar-refractivity contribution in [3.05, 3.63) is 48.0 Å². The molecule has 0 aliphatic rings. The van der Waals surface area contributed by atoms with Crippen molar-refractivity contribution in [3.8, 4) is 0 Å². The molecular formula is C13H17N3O2S. The van der Waals surface area contributed by atoms with E-state index in [1.54, 1.807) is 25.5 Å². The van der Waals surface area contributed by atoms with Gasteiger partial charge in [0.25, 0.3) is 0 Å². The monoisotopic (exact) mass is 279 g/mol. The first kappa shape index (κ1) is 13.8. The SMILES string of the molecule is CCC(c1cccc(S(N)(=O)=O)c1C)n1ccnc1. The number of hydrogen-bond acceptors (Lipinski definition) is 3. The molecule has 1 aromatic heterocycles. The van der Waals surface area contributed by atoms with Gasteiger partial charge in [0.05, 0.1) is 17.3 Å². The van der Waals surface area contributed by atoms with Crippen LogP contribution in [0.5, 0.6) is 0 Å². The second-order valence-corrected chi connectivity index (χ2v) is 5.98. The Labute approximate surface area is 113 Å². The maximum atomic E-state index is 11.6. The molecule has 102 valence electrons. The van der Waals surface area contributed by atoms with Gasteiger partial charge in [0.2, 0.25) is 10.0 Å². The van der Waals surface area contributed by atoms with Gasteiger partial charge in [-0.3, -0.25) is 0 Å². The van der Waals surface area contributed by atoms with Gasteiger partial charge in [-0.25, -0.2) is 18.5 Å². The molecule has 1 aromatic carbocycles. The van der Waals surface area contributed by atoms with E-state index in [1.165, 1.54) is 6.07 Å². The number of nitrogens with zero attached hydrogens (tertiary/aromatic N) is 2. The topological polar surface area (TPSA) is 78.0 Å². The van der Waals surface area contributed by atoms with Crippen molar-refractivity contribution in [2.75, 3.05) is 0 Å². The van der Waals surface area contributed by atoms with Gasteiger partial charge in [-0.2, -0.15) is 0 Å². The summed E-state index contributed by atoms with van der Waals surface area (Å²) in [5.74, 6) is 0. The van der Waals surface area contributed by atoms with E-state index in [0.717, 1.165) is 12.0 Å². The fraction of sp³-hybridized carbons (Fsp3) is 0.308. The Bertz CT molecular complexity index is 663. The number of rotatable bonds is 4. The quantitative estimate of drug-likeness (QED) is 0.927. The number of sulfonamides is 1. The average Bonchev–Trinajstić information content (AvgIpc) is 2.84. The number of imidazole rings is 1. The van der Waals surface area contributed by atoms with Gasteiger partial charge < -0.3 is 4.57 Å². The van der Waals surface area contributed by atoms with Crippen LogP contribution in [0.15, 0.2) is 41.8 Å². The zero-order valence-corrected chi connectivity index (χ0v) is 11.8. The van der Waals surface area contributed by atoms with E-state index in [0.29, 0.717) is 5.56 Å². The summed E-state index contributed by atoms with van der Waals surface area (Å²) in [7, 11) is -3.69. The van der Waals surface area contributed by atoms with Crippen LogP contribution in [0.1, 0.15) is 30.5 Å². The zero-order chi connectivity index (χ0) is 14.0. The largest absolute Gasteiger partial charge is 0.330 e. The summed E-state index contributed by atoms with van der Waals surface area (Å²) in [4.78, 5) is 4.22. The minimum Gasteiger partial charge on any atom is -0.330 e. The average molecular weight is 279 g/mol. The van der Waals surface area contributed by atoms with Gasteiger partial charge in [0.1, 0.15) is 0 Å². The molecule has 1 heterocycles. The summed E-state index contributed by atoms with van der Waals surface area (Å²) < 4.78 is 25.1. The Morgan fingerprint density at radius 2 is 2.16 bits per heavy atom. The maximum Gasteiger partial charge on any atom is 0.238 e. The lowest BCUT2D eigenvalue weighted by molar-refractivity contribution is 0.560. The highest BCUT2D eigenvalue weighted by Crippen LogP contribution is 2.28. The van der Waals surface area contributed by atoms with Gasteiger partial charge in [-0.05, 0) is 30.5 Å². The molecule has 19 heavy (non-hydrogen) atoms. The van der Waals surface area contributed by atoms with Crippen molar-refractivity contribution in [2.45, 2.75) is 31.2 Å². The molecule has 0 bridgehead atoms. The first-order chi connectivity index (χ1) is 8.95. The van der Waals surface area contributed by atoms with Crippen molar-refractivity contribution >= 4 is 10.0 Å². The molecule has 2 rings (SSSR count). The van der Waals surface area contributed by atoms with Gasteiger partial charge >= 0.3 is 0 Å². The smallest absolute Gasteiger partial charge is 0.238 e. The Balaban J connectivity index is 2.57. The molecule has 5 nitrogen and oxygen atoms in total. The standard InChI is InChI=1S/C13H17N3O2S/c1-3-12(16-8-7-15-9-16)11-5-4-6-13(10(11)2)19(14,17)18/h4-9,12H,3H2,1-2H3,(H2,14,17,18). The van der Waals surface area contributed by atoms with Crippen LogP contribution in [0.25, 0.3) is 0 Å². The van der Waals surface area contributed by atoms with E-state index in [-0.39, 0.29) is 10.9 Å². The molecule has 2 N–H and O–H groups in total. The fourth-order valence-electron chi connectivity index (χ4n) is 2.35. The molecule has 0 saturated carbocycles. The van der Waals surface area contributed by atoms with Crippen LogP contribution in [0.3, 0.4) is 0 Å².